The van der Waals surface area contributed by atoms with Gasteiger partial charge < -0.3 is 4.40 Å². The Morgan fingerprint density at radius 1 is 1.60 bits per heavy atom. The summed E-state index contributed by atoms with van der Waals surface area (Å²) in [6, 6.07) is 2.98. The average Bonchev–Trinajstić information content (AvgIpc) is 2.46. The van der Waals surface area contributed by atoms with E-state index in [0.29, 0.717) is 5.69 Å². The van der Waals surface area contributed by atoms with E-state index in [9.17, 15) is 9.18 Å². The van der Waals surface area contributed by atoms with E-state index in [1.165, 1.54) is 13.0 Å². The molecule has 78 valence electrons. The van der Waals surface area contributed by atoms with Gasteiger partial charge in [-0.3, -0.25) is 4.79 Å². The van der Waals surface area contributed by atoms with Crippen LogP contribution in [0.2, 0.25) is 0 Å². The van der Waals surface area contributed by atoms with Crippen LogP contribution in [0.15, 0.2) is 18.3 Å². The molecule has 4 heteroatoms. The first kappa shape index (κ1) is 9.83. The molecule has 0 radical (unpaired) electrons. The van der Waals surface area contributed by atoms with Crippen molar-refractivity contribution in [2.75, 3.05) is 0 Å². The number of pyridine rings is 1. The van der Waals surface area contributed by atoms with Gasteiger partial charge in [-0.05, 0) is 26.0 Å². The highest BCUT2D eigenvalue weighted by molar-refractivity contribution is 5.78. The average molecular weight is 206 g/mol. The van der Waals surface area contributed by atoms with Crippen LogP contribution in [-0.2, 0) is 11.2 Å². The molecule has 0 atom stereocenters. The number of halogens is 1. The van der Waals surface area contributed by atoms with Crippen molar-refractivity contribution in [3.63, 3.8) is 0 Å². The minimum Gasteiger partial charge on any atom is -0.302 e. The number of nitrogens with zero attached hydrogens (tertiary/aromatic N) is 2. The molecule has 0 unspecified atom stereocenters. The molecule has 2 aromatic rings. The Hall–Kier alpha value is -1.71. The van der Waals surface area contributed by atoms with Gasteiger partial charge in [0, 0.05) is 11.9 Å². The van der Waals surface area contributed by atoms with Gasteiger partial charge in [-0.15, -0.1) is 0 Å². The third kappa shape index (κ3) is 1.63. The number of hydrogen-bond donors (Lipinski definition) is 0. The molecule has 0 saturated carbocycles. The molecular weight excluding hydrogens is 195 g/mol. The van der Waals surface area contributed by atoms with E-state index in [4.69, 9.17) is 0 Å². The Bertz CT molecular complexity index is 531. The quantitative estimate of drug-likeness (QED) is 0.752. The second-order valence-corrected chi connectivity index (χ2v) is 3.57. The summed E-state index contributed by atoms with van der Waals surface area (Å²) < 4.78 is 15.0. The van der Waals surface area contributed by atoms with Gasteiger partial charge in [0.1, 0.15) is 5.78 Å². The van der Waals surface area contributed by atoms with Crippen LogP contribution in [0.5, 0.6) is 0 Å². The van der Waals surface area contributed by atoms with Crippen molar-refractivity contribution in [1.29, 1.82) is 0 Å². The van der Waals surface area contributed by atoms with E-state index in [1.54, 1.807) is 16.7 Å². The van der Waals surface area contributed by atoms with Crippen molar-refractivity contribution in [3.05, 3.63) is 35.5 Å². The lowest BCUT2D eigenvalue weighted by molar-refractivity contribution is -0.116. The van der Waals surface area contributed by atoms with Gasteiger partial charge in [0.25, 0.3) is 0 Å². The summed E-state index contributed by atoms with van der Waals surface area (Å²) in [6.45, 7) is 3.33. The Kier molecular flexibility index (Phi) is 2.26. The van der Waals surface area contributed by atoms with Gasteiger partial charge in [0.15, 0.2) is 11.5 Å². The zero-order chi connectivity index (χ0) is 11.0. The molecule has 0 bridgehead atoms. The minimum absolute atomic E-state index is 0.0296. The number of hydrogen-bond acceptors (Lipinski definition) is 2. The zero-order valence-electron chi connectivity index (χ0n) is 8.62. The van der Waals surface area contributed by atoms with Crippen LogP contribution in [0, 0.1) is 12.7 Å². The summed E-state index contributed by atoms with van der Waals surface area (Å²) in [5.41, 5.74) is 1.75. The third-order valence-corrected chi connectivity index (χ3v) is 2.36. The molecule has 2 rings (SSSR count). The number of fused-ring (bicyclic) bond motifs is 1. The van der Waals surface area contributed by atoms with E-state index in [-0.39, 0.29) is 23.7 Å². The smallest absolute Gasteiger partial charge is 0.173 e. The van der Waals surface area contributed by atoms with E-state index in [1.807, 2.05) is 6.92 Å². The Labute approximate surface area is 86.6 Å². The highest BCUT2D eigenvalue weighted by Crippen LogP contribution is 2.14. The van der Waals surface area contributed by atoms with E-state index in [0.717, 1.165) is 5.69 Å². The molecule has 2 heterocycles. The largest absolute Gasteiger partial charge is 0.302 e. The predicted molar refractivity (Wildman–Crippen MR) is 54.3 cm³/mol. The summed E-state index contributed by atoms with van der Waals surface area (Å²) in [6.07, 6.45) is 2.00. The normalized spacial score (nSPS) is 10.9. The molecule has 2 aromatic heterocycles. The Morgan fingerprint density at radius 2 is 2.33 bits per heavy atom. The first-order valence-electron chi connectivity index (χ1n) is 4.71. The fourth-order valence-corrected chi connectivity index (χ4v) is 1.60. The predicted octanol–water partition coefficient (Wildman–Crippen LogP) is 1.91. The minimum atomic E-state index is -0.365. The molecule has 0 fully saturated rings. The van der Waals surface area contributed by atoms with Crippen molar-refractivity contribution in [2.24, 2.45) is 0 Å². The molecule has 0 aromatic carbocycles. The fourth-order valence-electron chi connectivity index (χ4n) is 1.60. The van der Waals surface area contributed by atoms with Gasteiger partial charge in [-0.25, -0.2) is 9.37 Å². The summed E-state index contributed by atoms with van der Waals surface area (Å²) in [5, 5.41) is 0. The Balaban J connectivity index is 2.64. The maximum Gasteiger partial charge on any atom is 0.173 e. The molecule has 15 heavy (non-hydrogen) atoms. The lowest BCUT2D eigenvalue weighted by Crippen LogP contribution is -1.98. The van der Waals surface area contributed by atoms with Gasteiger partial charge in [0.2, 0.25) is 0 Å². The number of carbonyl (C=O) groups is 1. The number of ketones is 1. The first-order chi connectivity index (χ1) is 7.09. The maximum absolute atomic E-state index is 13.3. The maximum atomic E-state index is 13.3. The number of aromatic nitrogens is 2. The van der Waals surface area contributed by atoms with Crippen molar-refractivity contribution in [3.8, 4) is 0 Å². The first-order valence-corrected chi connectivity index (χ1v) is 4.71. The van der Waals surface area contributed by atoms with E-state index < -0.39 is 0 Å². The van der Waals surface area contributed by atoms with Crippen LogP contribution >= 0.6 is 0 Å². The number of rotatable bonds is 2. The van der Waals surface area contributed by atoms with Crippen LogP contribution in [0.25, 0.3) is 5.65 Å². The van der Waals surface area contributed by atoms with E-state index >= 15 is 0 Å². The molecule has 0 saturated heterocycles. The van der Waals surface area contributed by atoms with Crippen LogP contribution in [0.1, 0.15) is 18.3 Å². The number of Topliss-reactive ketones (excluding diaryl/α,β-unsaturated/α-hetero) is 1. The van der Waals surface area contributed by atoms with Crippen LogP contribution in [0.3, 0.4) is 0 Å². The van der Waals surface area contributed by atoms with Crippen LogP contribution in [-0.4, -0.2) is 15.2 Å². The zero-order valence-corrected chi connectivity index (χ0v) is 8.62. The SMILES string of the molecule is CC(=O)Cc1nc2c(F)cccn2c1C. The monoisotopic (exact) mass is 206 g/mol. The number of carbonyl (C=O) groups excluding carboxylic acids is 1. The summed E-state index contributed by atoms with van der Waals surface area (Å²) >= 11 is 0. The molecule has 0 aliphatic rings. The van der Waals surface area contributed by atoms with Gasteiger partial charge in [-0.2, -0.15) is 0 Å². The molecular formula is C11H11FN2O. The number of imidazole rings is 1. The van der Waals surface area contributed by atoms with Crippen LogP contribution in [0.4, 0.5) is 4.39 Å². The number of aryl methyl sites for hydroxylation is 1. The van der Waals surface area contributed by atoms with Crippen molar-refractivity contribution >= 4 is 11.4 Å². The second-order valence-electron chi connectivity index (χ2n) is 3.57. The van der Waals surface area contributed by atoms with E-state index in [2.05, 4.69) is 4.98 Å². The van der Waals surface area contributed by atoms with Crippen molar-refractivity contribution < 1.29 is 9.18 Å². The van der Waals surface area contributed by atoms with Crippen molar-refractivity contribution in [1.82, 2.24) is 9.38 Å². The topological polar surface area (TPSA) is 34.4 Å². The van der Waals surface area contributed by atoms with Gasteiger partial charge in [0.05, 0.1) is 12.1 Å². The molecule has 3 nitrogen and oxygen atoms in total. The highest BCUT2D eigenvalue weighted by atomic mass is 19.1. The summed E-state index contributed by atoms with van der Waals surface area (Å²) in [5.74, 6) is -0.336. The van der Waals surface area contributed by atoms with Gasteiger partial charge >= 0.3 is 0 Å². The molecule has 0 spiro atoms. The lowest BCUT2D eigenvalue weighted by Gasteiger charge is -1.96. The second kappa shape index (κ2) is 3.46. The molecule has 0 aliphatic carbocycles. The summed E-state index contributed by atoms with van der Waals surface area (Å²) in [4.78, 5) is 15.1. The van der Waals surface area contributed by atoms with Crippen molar-refractivity contribution in [2.45, 2.75) is 20.3 Å². The molecule has 0 aliphatic heterocycles. The third-order valence-electron chi connectivity index (χ3n) is 2.36. The molecule has 0 N–H and O–H groups in total. The molecule has 0 amide bonds. The Morgan fingerprint density at radius 3 is 2.93 bits per heavy atom. The standard InChI is InChI=1S/C11H11FN2O/c1-7(15)6-10-8(2)14-5-3-4-9(12)11(14)13-10/h3-5H,6H2,1-2H3. The fraction of sp³-hybridized carbons (Fsp3) is 0.273. The van der Waals surface area contributed by atoms with Crippen LogP contribution < -0.4 is 0 Å². The highest BCUT2D eigenvalue weighted by Gasteiger charge is 2.12. The lowest BCUT2D eigenvalue weighted by atomic mass is 10.2. The van der Waals surface area contributed by atoms with Gasteiger partial charge in [-0.1, -0.05) is 0 Å². The summed E-state index contributed by atoms with van der Waals surface area (Å²) in [7, 11) is 0.